The Bertz CT molecular complexity index is 1240. The number of hydrogen-bond acceptors (Lipinski definition) is 4. The highest BCUT2D eigenvalue weighted by atomic mass is 16.3. The summed E-state index contributed by atoms with van der Waals surface area (Å²) in [5.74, 6) is 1.29. The molecule has 5 aromatic rings. The zero-order chi connectivity index (χ0) is 19.6. The number of imidazole rings is 1. The van der Waals surface area contributed by atoms with Crippen LogP contribution in [0.25, 0.3) is 33.7 Å². The van der Waals surface area contributed by atoms with Gasteiger partial charge in [-0.1, -0.05) is 24.3 Å². The van der Waals surface area contributed by atoms with Crippen molar-refractivity contribution < 1.29 is 9.21 Å². The van der Waals surface area contributed by atoms with Gasteiger partial charge in [-0.05, 0) is 48.5 Å². The Morgan fingerprint density at radius 1 is 0.897 bits per heavy atom. The Morgan fingerprint density at radius 2 is 1.66 bits per heavy atom. The monoisotopic (exact) mass is 380 g/mol. The first-order chi connectivity index (χ1) is 14.3. The lowest BCUT2D eigenvalue weighted by atomic mass is 10.1. The summed E-state index contributed by atoms with van der Waals surface area (Å²) in [4.78, 5) is 24.3. The van der Waals surface area contributed by atoms with E-state index in [0.717, 1.165) is 28.0 Å². The number of benzene rings is 3. The van der Waals surface area contributed by atoms with Crippen molar-refractivity contribution in [3.8, 4) is 22.7 Å². The number of carbonyl (C=O) groups excluding carboxylic acids is 1. The van der Waals surface area contributed by atoms with Gasteiger partial charge in [-0.2, -0.15) is 0 Å². The Labute approximate surface area is 166 Å². The molecule has 0 bridgehead atoms. The van der Waals surface area contributed by atoms with E-state index in [1.54, 1.807) is 18.3 Å². The molecule has 2 heterocycles. The maximum atomic E-state index is 12.5. The molecule has 0 aliphatic rings. The summed E-state index contributed by atoms with van der Waals surface area (Å²) < 4.78 is 5.26. The molecule has 0 unspecified atom stereocenters. The summed E-state index contributed by atoms with van der Waals surface area (Å²) in [5, 5.41) is 2.91. The van der Waals surface area contributed by atoms with Gasteiger partial charge in [0, 0.05) is 22.4 Å². The molecule has 5 rings (SSSR count). The number of anilines is 1. The first-order valence-corrected chi connectivity index (χ1v) is 9.12. The first kappa shape index (κ1) is 16.9. The zero-order valence-corrected chi connectivity index (χ0v) is 15.3. The normalized spacial score (nSPS) is 10.9. The molecule has 1 amide bonds. The standard InChI is InChI=1S/C23H16N4O2/c28-23(17-7-5-15(6-8-17)21-13-24-14-29-21)25-18-11-9-16(10-12-18)22-26-19-3-1-2-4-20(19)27-22/h1-14H,(H,25,28)(H,26,27). The highest BCUT2D eigenvalue weighted by molar-refractivity contribution is 6.04. The van der Waals surface area contributed by atoms with E-state index in [9.17, 15) is 4.79 Å². The van der Waals surface area contributed by atoms with Gasteiger partial charge >= 0.3 is 0 Å². The SMILES string of the molecule is O=C(Nc1ccc(-c2nc3ccccc3[nH]2)cc1)c1ccc(-c2cnco2)cc1. The molecule has 2 aromatic heterocycles. The van der Waals surface area contributed by atoms with Crippen LogP contribution in [0.4, 0.5) is 5.69 Å². The van der Waals surface area contributed by atoms with Gasteiger partial charge in [-0.3, -0.25) is 4.79 Å². The van der Waals surface area contributed by atoms with Gasteiger partial charge in [-0.15, -0.1) is 0 Å². The van der Waals surface area contributed by atoms with Crippen LogP contribution >= 0.6 is 0 Å². The number of fused-ring (bicyclic) bond motifs is 1. The van der Waals surface area contributed by atoms with E-state index in [1.807, 2.05) is 60.7 Å². The average molecular weight is 380 g/mol. The minimum Gasteiger partial charge on any atom is -0.444 e. The molecule has 3 aromatic carbocycles. The molecule has 0 saturated heterocycles. The summed E-state index contributed by atoms with van der Waals surface area (Å²) in [6, 6.07) is 22.7. The fourth-order valence-corrected chi connectivity index (χ4v) is 3.15. The van der Waals surface area contributed by atoms with Gasteiger partial charge in [0.1, 0.15) is 5.82 Å². The zero-order valence-electron chi connectivity index (χ0n) is 15.3. The Hall–Kier alpha value is -4.19. The lowest BCUT2D eigenvalue weighted by Crippen LogP contribution is -2.11. The molecule has 0 saturated carbocycles. The highest BCUT2D eigenvalue weighted by Crippen LogP contribution is 2.23. The van der Waals surface area contributed by atoms with Gasteiger partial charge in [0.15, 0.2) is 12.2 Å². The van der Waals surface area contributed by atoms with Crippen molar-refractivity contribution in [3.05, 3.63) is 91.0 Å². The molecule has 0 radical (unpaired) electrons. The first-order valence-electron chi connectivity index (χ1n) is 9.12. The topological polar surface area (TPSA) is 83.8 Å². The summed E-state index contributed by atoms with van der Waals surface area (Å²) in [6.45, 7) is 0. The van der Waals surface area contributed by atoms with Gasteiger partial charge in [-0.25, -0.2) is 9.97 Å². The third-order valence-electron chi connectivity index (χ3n) is 4.67. The largest absolute Gasteiger partial charge is 0.444 e. The predicted octanol–water partition coefficient (Wildman–Crippen LogP) is 5.14. The van der Waals surface area contributed by atoms with Crippen LogP contribution in [0.15, 0.2) is 89.8 Å². The molecule has 6 heteroatoms. The summed E-state index contributed by atoms with van der Waals surface area (Å²) in [6.07, 6.45) is 3.02. The lowest BCUT2D eigenvalue weighted by molar-refractivity contribution is 0.102. The van der Waals surface area contributed by atoms with Gasteiger partial charge in [0.25, 0.3) is 5.91 Å². The van der Waals surface area contributed by atoms with Crippen molar-refractivity contribution in [2.24, 2.45) is 0 Å². The number of aromatic amines is 1. The van der Waals surface area contributed by atoms with Crippen LogP contribution in [-0.2, 0) is 0 Å². The van der Waals surface area contributed by atoms with Crippen molar-refractivity contribution in [3.63, 3.8) is 0 Å². The predicted molar refractivity (Wildman–Crippen MR) is 111 cm³/mol. The maximum absolute atomic E-state index is 12.5. The van der Waals surface area contributed by atoms with Crippen molar-refractivity contribution in [1.29, 1.82) is 0 Å². The minimum atomic E-state index is -0.175. The number of aromatic nitrogens is 3. The van der Waals surface area contributed by atoms with E-state index in [-0.39, 0.29) is 5.91 Å². The molecule has 0 spiro atoms. The van der Waals surface area contributed by atoms with Gasteiger partial charge in [0.05, 0.1) is 17.2 Å². The molecule has 0 aliphatic heterocycles. The third-order valence-corrected chi connectivity index (χ3v) is 4.67. The fraction of sp³-hybridized carbons (Fsp3) is 0. The van der Waals surface area contributed by atoms with Crippen molar-refractivity contribution in [1.82, 2.24) is 15.0 Å². The van der Waals surface area contributed by atoms with E-state index in [1.165, 1.54) is 6.39 Å². The Morgan fingerprint density at radius 3 is 2.38 bits per heavy atom. The molecule has 0 fully saturated rings. The maximum Gasteiger partial charge on any atom is 0.255 e. The number of nitrogens with zero attached hydrogens (tertiary/aromatic N) is 2. The van der Waals surface area contributed by atoms with Gasteiger partial charge < -0.3 is 14.7 Å². The van der Waals surface area contributed by atoms with Crippen LogP contribution in [0.3, 0.4) is 0 Å². The fourth-order valence-electron chi connectivity index (χ4n) is 3.15. The van der Waals surface area contributed by atoms with E-state index in [0.29, 0.717) is 17.0 Å². The number of H-pyrrole nitrogens is 1. The van der Waals surface area contributed by atoms with Crippen LogP contribution in [0.1, 0.15) is 10.4 Å². The molecule has 29 heavy (non-hydrogen) atoms. The Kier molecular flexibility index (Phi) is 4.14. The smallest absolute Gasteiger partial charge is 0.255 e. The molecular formula is C23H16N4O2. The van der Waals surface area contributed by atoms with E-state index in [2.05, 4.69) is 20.3 Å². The van der Waals surface area contributed by atoms with Crippen molar-refractivity contribution in [2.75, 3.05) is 5.32 Å². The van der Waals surface area contributed by atoms with Gasteiger partial charge in [0.2, 0.25) is 0 Å². The number of para-hydroxylation sites is 2. The third kappa shape index (κ3) is 3.39. The van der Waals surface area contributed by atoms with Crippen molar-refractivity contribution in [2.45, 2.75) is 0 Å². The number of nitrogens with one attached hydrogen (secondary N) is 2. The summed E-state index contributed by atoms with van der Waals surface area (Å²) in [5.41, 5.74) is 5.02. The minimum absolute atomic E-state index is 0.175. The number of carbonyl (C=O) groups is 1. The van der Waals surface area contributed by atoms with Crippen LogP contribution < -0.4 is 5.32 Å². The second kappa shape index (κ2) is 7.09. The molecule has 0 aliphatic carbocycles. The van der Waals surface area contributed by atoms with Crippen LogP contribution in [0.5, 0.6) is 0 Å². The lowest BCUT2D eigenvalue weighted by Gasteiger charge is -2.06. The quantitative estimate of drug-likeness (QED) is 0.452. The number of rotatable bonds is 4. The molecule has 140 valence electrons. The molecular weight excluding hydrogens is 364 g/mol. The summed E-state index contributed by atoms with van der Waals surface area (Å²) in [7, 11) is 0. The second-order valence-electron chi connectivity index (χ2n) is 6.58. The van der Waals surface area contributed by atoms with E-state index < -0.39 is 0 Å². The average Bonchev–Trinajstić information content (AvgIpc) is 3.44. The van der Waals surface area contributed by atoms with Crippen LogP contribution in [0, 0.1) is 0 Å². The number of oxazole rings is 1. The van der Waals surface area contributed by atoms with E-state index in [4.69, 9.17) is 4.42 Å². The van der Waals surface area contributed by atoms with E-state index >= 15 is 0 Å². The molecule has 6 nitrogen and oxygen atoms in total. The summed E-state index contributed by atoms with van der Waals surface area (Å²) >= 11 is 0. The molecule has 0 atom stereocenters. The van der Waals surface area contributed by atoms with Crippen molar-refractivity contribution >= 4 is 22.6 Å². The highest BCUT2D eigenvalue weighted by Gasteiger charge is 2.09. The van der Waals surface area contributed by atoms with Crippen LogP contribution in [-0.4, -0.2) is 20.9 Å². The van der Waals surface area contributed by atoms with Crippen LogP contribution in [0.2, 0.25) is 0 Å². The number of amides is 1. The second-order valence-corrected chi connectivity index (χ2v) is 6.58. The Balaban J connectivity index is 1.31. The molecule has 2 N–H and O–H groups in total. The number of hydrogen-bond donors (Lipinski definition) is 2.